The zero-order chi connectivity index (χ0) is 18.0. The highest BCUT2D eigenvalue weighted by Gasteiger charge is 2.24. The fourth-order valence-corrected chi connectivity index (χ4v) is 3.84. The van der Waals surface area contributed by atoms with Gasteiger partial charge in [-0.1, -0.05) is 19.6 Å². The lowest BCUT2D eigenvalue weighted by Crippen LogP contribution is -2.22. The molecule has 9 heteroatoms. The van der Waals surface area contributed by atoms with E-state index >= 15 is 0 Å². The normalized spacial score (nSPS) is 16.4. The van der Waals surface area contributed by atoms with Crippen LogP contribution in [0, 0.1) is 9.62 Å². The Morgan fingerprint density at radius 3 is 2.80 bits per heavy atom. The molecule has 1 aliphatic carbocycles. The summed E-state index contributed by atoms with van der Waals surface area (Å²) in [4.78, 5) is 1.51. The van der Waals surface area contributed by atoms with Crippen molar-refractivity contribution in [2.45, 2.75) is 57.9 Å². The SMILES string of the molecule is C[Si](C)(C)CCOCn1nc(I)c(C(O)c2cnn(CC3CC3)c2)n1. The summed E-state index contributed by atoms with van der Waals surface area (Å²) in [6, 6.07) is 1.11. The van der Waals surface area contributed by atoms with Crippen LogP contribution in [0.2, 0.25) is 25.7 Å². The van der Waals surface area contributed by atoms with Crippen molar-refractivity contribution in [1.29, 1.82) is 0 Å². The van der Waals surface area contributed by atoms with Gasteiger partial charge in [0.05, 0.1) is 6.20 Å². The highest BCUT2D eigenvalue weighted by Crippen LogP contribution is 2.31. The Bertz CT molecular complexity index is 708. The van der Waals surface area contributed by atoms with Crippen LogP contribution < -0.4 is 0 Å². The first-order chi connectivity index (χ1) is 11.8. The maximum absolute atomic E-state index is 10.6. The van der Waals surface area contributed by atoms with Gasteiger partial charge in [-0.2, -0.15) is 15.0 Å². The van der Waals surface area contributed by atoms with Crippen molar-refractivity contribution in [2.75, 3.05) is 6.61 Å². The van der Waals surface area contributed by atoms with E-state index in [4.69, 9.17) is 4.74 Å². The van der Waals surface area contributed by atoms with E-state index in [-0.39, 0.29) is 0 Å². The van der Waals surface area contributed by atoms with Crippen LogP contribution in [0.3, 0.4) is 0 Å². The van der Waals surface area contributed by atoms with Crippen LogP contribution >= 0.6 is 22.6 Å². The topological polar surface area (TPSA) is 78.0 Å². The van der Waals surface area contributed by atoms with Crippen LogP contribution in [0.25, 0.3) is 0 Å². The van der Waals surface area contributed by atoms with Crippen molar-refractivity contribution in [3.8, 4) is 0 Å². The third-order valence-corrected chi connectivity index (χ3v) is 6.68. The van der Waals surface area contributed by atoms with Gasteiger partial charge in [-0.05, 0) is 47.4 Å². The number of aromatic nitrogens is 5. The van der Waals surface area contributed by atoms with Gasteiger partial charge in [0.15, 0.2) is 6.73 Å². The Morgan fingerprint density at radius 2 is 2.12 bits per heavy atom. The standard InChI is InChI=1S/C16H26IN5O2Si/c1-25(2,3)7-6-24-11-22-19-14(16(17)20-22)15(23)13-8-18-21(10-13)9-12-4-5-12/h8,10,12,15,23H,4-7,9,11H2,1-3H3. The van der Waals surface area contributed by atoms with Gasteiger partial charge in [0.1, 0.15) is 15.5 Å². The molecule has 0 aliphatic heterocycles. The van der Waals surface area contributed by atoms with Gasteiger partial charge in [0.2, 0.25) is 0 Å². The molecule has 1 saturated carbocycles. The fraction of sp³-hybridized carbons (Fsp3) is 0.688. The molecule has 0 bridgehead atoms. The van der Waals surface area contributed by atoms with Crippen LogP contribution in [-0.2, 0) is 18.0 Å². The van der Waals surface area contributed by atoms with Crippen LogP contribution in [0.15, 0.2) is 12.4 Å². The molecule has 138 valence electrons. The summed E-state index contributed by atoms with van der Waals surface area (Å²) in [6.07, 6.45) is 5.37. The molecule has 1 aliphatic rings. The second kappa shape index (κ2) is 7.85. The fourth-order valence-electron chi connectivity index (χ4n) is 2.43. The van der Waals surface area contributed by atoms with E-state index in [1.54, 1.807) is 6.20 Å². The first-order valence-corrected chi connectivity index (χ1v) is 13.5. The molecule has 25 heavy (non-hydrogen) atoms. The van der Waals surface area contributed by atoms with E-state index in [2.05, 4.69) is 57.5 Å². The number of rotatable bonds is 9. The summed E-state index contributed by atoms with van der Waals surface area (Å²) in [5, 5.41) is 23.7. The van der Waals surface area contributed by atoms with Crippen molar-refractivity contribution in [3.63, 3.8) is 0 Å². The van der Waals surface area contributed by atoms with Crippen LogP contribution in [0.4, 0.5) is 0 Å². The molecule has 3 rings (SSSR count). The number of nitrogens with zero attached hydrogens (tertiary/aromatic N) is 5. The summed E-state index contributed by atoms with van der Waals surface area (Å²) in [7, 11) is -1.09. The first kappa shape index (κ1) is 19.0. The highest BCUT2D eigenvalue weighted by atomic mass is 127. The summed E-state index contributed by atoms with van der Waals surface area (Å²) in [5.74, 6) is 0.749. The number of hydrogen-bond acceptors (Lipinski definition) is 5. The van der Waals surface area contributed by atoms with Gasteiger partial charge >= 0.3 is 0 Å². The maximum Gasteiger partial charge on any atom is 0.158 e. The first-order valence-electron chi connectivity index (χ1n) is 8.70. The zero-order valence-electron chi connectivity index (χ0n) is 15.0. The molecule has 1 atom stereocenters. The Balaban J connectivity index is 1.58. The highest BCUT2D eigenvalue weighted by molar-refractivity contribution is 14.1. The number of ether oxygens (including phenoxy) is 1. The third-order valence-electron chi connectivity index (χ3n) is 4.21. The lowest BCUT2D eigenvalue weighted by atomic mass is 10.1. The molecule has 2 heterocycles. The van der Waals surface area contributed by atoms with Crippen molar-refractivity contribution < 1.29 is 9.84 Å². The molecule has 1 unspecified atom stereocenters. The second-order valence-corrected chi connectivity index (χ2v) is 14.6. The van der Waals surface area contributed by atoms with Gasteiger partial charge in [-0.25, -0.2) is 0 Å². The average molecular weight is 475 g/mol. The number of aliphatic hydroxyl groups excluding tert-OH is 1. The molecule has 7 nitrogen and oxygen atoms in total. The van der Waals surface area contributed by atoms with E-state index in [0.717, 1.165) is 30.7 Å². The summed E-state index contributed by atoms with van der Waals surface area (Å²) in [5.41, 5.74) is 1.31. The van der Waals surface area contributed by atoms with E-state index in [0.29, 0.717) is 16.1 Å². The Morgan fingerprint density at radius 1 is 1.36 bits per heavy atom. The summed E-state index contributed by atoms with van der Waals surface area (Å²) >= 11 is 2.10. The van der Waals surface area contributed by atoms with Crippen molar-refractivity contribution in [1.82, 2.24) is 24.8 Å². The summed E-state index contributed by atoms with van der Waals surface area (Å²) < 4.78 is 8.27. The largest absolute Gasteiger partial charge is 0.382 e. The van der Waals surface area contributed by atoms with Gasteiger partial charge in [0.25, 0.3) is 0 Å². The van der Waals surface area contributed by atoms with E-state index in [9.17, 15) is 5.11 Å². The summed E-state index contributed by atoms with van der Waals surface area (Å²) in [6.45, 7) is 8.94. The van der Waals surface area contributed by atoms with Crippen LogP contribution in [0.1, 0.15) is 30.2 Å². The predicted octanol–water partition coefficient (Wildman–Crippen LogP) is 2.88. The van der Waals surface area contributed by atoms with Gasteiger partial charge in [0, 0.05) is 33.0 Å². The lowest BCUT2D eigenvalue weighted by molar-refractivity contribution is 0.0674. The molecule has 0 spiro atoms. The molecule has 1 fully saturated rings. The van der Waals surface area contributed by atoms with Gasteiger partial charge in [-0.3, -0.25) is 4.68 Å². The molecule has 0 amide bonds. The quantitative estimate of drug-likeness (QED) is 0.343. The second-order valence-electron chi connectivity index (χ2n) is 7.94. The molecule has 1 N–H and O–H groups in total. The van der Waals surface area contributed by atoms with Gasteiger partial charge in [-0.15, -0.1) is 5.10 Å². The molecule has 2 aromatic heterocycles. The molecule has 0 aromatic carbocycles. The van der Waals surface area contributed by atoms with Crippen molar-refractivity contribution >= 4 is 30.7 Å². The molecule has 0 saturated heterocycles. The minimum absolute atomic E-state index is 0.314. The van der Waals surface area contributed by atoms with Crippen molar-refractivity contribution in [3.05, 3.63) is 27.4 Å². The zero-order valence-corrected chi connectivity index (χ0v) is 18.2. The number of aliphatic hydroxyl groups is 1. The molecular formula is C16H26IN5O2Si. The molecular weight excluding hydrogens is 449 g/mol. The predicted molar refractivity (Wildman–Crippen MR) is 106 cm³/mol. The third kappa shape index (κ3) is 5.60. The number of hydrogen-bond donors (Lipinski definition) is 1. The van der Waals surface area contributed by atoms with Crippen molar-refractivity contribution in [2.24, 2.45) is 5.92 Å². The number of halogens is 1. The average Bonchev–Trinajstić information content (AvgIpc) is 3.07. The Hall–Kier alpha value is -0.783. The monoisotopic (exact) mass is 475 g/mol. The van der Waals surface area contributed by atoms with E-state index in [1.165, 1.54) is 17.6 Å². The van der Waals surface area contributed by atoms with Gasteiger partial charge < -0.3 is 9.84 Å². The van der Waals surface area contributed by atoms with E-state index in [1.807, 2.05) is 10.9 Å². The minimum atomic E-state index is -1.09. The smallest absolute Gasteiger partial charge is 0.158 e. The lowest BCUT2D eigenvalue weighted by Gasteiger charge is -2.14. The Labute approximate surface area is 162 Å². The minimum Gasteiger partial charge on any atom is -0.382 e. The Kier molecular flexibility index (Phi) is 5.96. The molecule has 2 aromatic rings. The van der Waals surface area contributed by atoms with Crippen LogP contribution in [-0.4, -0.2) is 44.6 Å². The van der Waals surface area contributed by atoms with Crippen LogP contribution in [0.5, 0.6) is 0 Å². The molecule has 0 radical (unpaired) electrons. The maximum atomic E-state index is 10.6. The van der Waals surface area contributed by atoms with E-state index < -0.39 is 14.2 Å².